The van der Waals surface area contributed by atoms with E-state index in [0.717, 1.165) is 22.7 Å². The number of carbonyl (C=O) groups excluding carboxylic acids is 1. The highest BCUT2D eigenvalue weighted by molar-refractivity contribution is 7.09. The van der Waals surface area contributed by atoms with Crippen molar-refractivity contribution in [2.24, 2.45) is 0 Å². The molecule has 0 fully saturated rings. The zero-order valence-corrected chi connectivity index (χ0v) is 15.2. The van der Waals surface area contributed by atoms with E-state index in [2.05, 4.69) is 17.2 Å². The van der Waals surface area contributed by atoms with Crippen molar-refractivity contribution in [2.75, 3.05) is 5.73 Å². The molecule has 0 radical (unpaired) electrons. The predicted molar refractivity (Wildman–Crippen MR) is 97.5 cm³/mol. The first-order valence-corrected chi connectivity index (χ1v) is 7.50. The van der Waals surface area contributed by atoms with E-state index in [1.807, 2.05) is 25.3 Å². The molecular formula is C15H21Cl2N3OS. The molecule has 7 heteroatoms. The van der Waals surface area contributed by atoms with E-state index in [0.29, 0.717) is 11.3 Å². The van der Waals surface area contributed by atoms with Crippen molar-refractivity contribution in [2.45, 2.75) is 33.2 Å². The van der Waals surface area contributed by atoms with E-state index in [1.54, 1.807) is 23.5 Å². The molecule has 1 amide bonds. The summed E-state index contributed by atoms with van der Waals surface area (Å²) in [5.74, 6) is -0.117. The van der Waals surface area contributed by atoms with Crippen molar-refractivity contribution in [3.05, 3.63) is 45.4 Å². The number of amides is 1. The first-order valence-electron chi connectivity index (χ1n) is 6.62. The third kappa shape index (κ3) is 4.87. The van der Waals surface area contributed by atoms with Crippen LogP contribution in [-0.2, 0) is 6.42 Å². The van der Waals surface area contributed by atoms with Crippen LogP contribution in [-0.4, -0.2) is 10.9 Å². The molecule has 1 atom stereocenters. The van der Waals surface area contributed by atoms with Crippen molar-refractivity contribution in [3.63, 3.8) is 0 Å². The van der Waals surface area contributed by atoms with Crippen molar-refractivity contribution in [1.29, 1.82) is 0 Å². The summed E-state index contributed by atoms with van der Waals surface area (Å²) < 4.78 is 0. The normalized spacial score (nSPS) is 11.0. The molecule has 2 aromatic rings. The highest BCUT2D eigenvalue weighted by Gasteiger charge is 2.15. The third-order valence-electron chi connectivity index (χ3n) is 3.17. The summed E-state index contributed by atoms with van der Waals surface area (Å²) in [5.41, 5.74) is 8.76. The number of aromatic nitrogens is 1. The molecule has 0 aliphatic rings. The average molecular weight is 362 g/mol. The lowest BCUT2D eigenvalue weighted by Crippen LogP contribution is -2.27. The summed E-state index contributed by atoms with van der Waals surface area (Å²) in [6.07, 6.45) is 0.916. The van der Waals surface area contributed by atoms with E-state index in [4.69, 9.17) is 5.73 Å². The number of benzene rings is 1. The van der Waals surface area contributed by atoms with Crippen LogP contribution in [0.4, 0.5) is 5.69 Å². The minimum atomic E-state index is -0.117. The second kappa shape index (κ2) is 8.98. The Kier molecular flexibility index (Phi) is 8.45. The summed E-state index contributed by atoms with van der Waals surface area (Å²) in [6.45, 7) is 5.91. The molecule has 0 aliphatic carbocycles. The Hall–Kier alpha value is -1.30. The Bertz CT molecular complexity index is 631. The lowest BCUT2D eigenvalue weighted by atomic mass is 10.1. The smallest absolute Gasteiger partial charge is 0.252 e. The maximum absolute atomic E-state index is 12.3. The van der Waals surface area contributed by atoms with Gasteiger partial charge in [0.1, 0.15) is 0 Å². The number of nitrogens with two attached hydrogens (primary N) is 1. The van der Waals surface area contributed by atoms with Crippen LogP contribution in [0.15, 0.2) is 23.6 Å². The fourth-order valence-corrected chi connectivity index (χ4v) is 2.76. The topological polar surface area (TPSA) is 68.0 Å². The summed E-state index contributed by atoms with van der Waals surface area (Å²) >= 11 is 1.62. The summed E-state index contributed by atoms with van der Waals surface area (Å²) in [5, 5.41) is 6.05. The van der Waals surface area contributed by atoms with Gasteiger partial charge in [-0.1, -0.05) is 13.0 Å². The monoisotopic (exact) mass is 361 g/mol. The predicted octanol–water partition coefficient (Wildman–Crippen LogP) is 3.93. The van der Waals surface area contributed by atoms with Crippen LogP contribution in [0.2, 0.25) is 0 Å². The van der Waals surface area contributed by atoms with Gasteiger partial charge in [-0.15, -0.1) is 36.2 Å². The Morgan fingerprint density at radius 3 is 2.68 bits per heavy atom. The van der Waals surface area contributed by atoms with Gasteiger partial charge in [0, 0.05) is 16.6 Å². The van der Waals surface area contributed by atoms with E-state index in [9.17, 15) is 4.79 Å². The molecule has 2 rings (SSSR count). The number of nitrogen functional groups attached to an aromatic ring is 1. The minimum Gasteiger partial charge on any atom is -0.399 e. The lowest BCUT2D eigenvalue weighted by Gasteiger charge is -2.13. The van der Waals surface area contributed by atoms with Gasteiger partial charge >= 0.3 is 0 Å². The molecular weight excluding hydrogens is 341 g/mol. The fourth-order valence-electron chi connectivity index (χ4n) is 1.92. The molecule has 4 nitrogen and oxygen atoms in total. The van der Waals surface area contributed by atoms with E-state index in [1.165, 1.54) is 0 Å². The standard InChI is InChI=1S/C15H19N3OS.2ClH/c1-4-14-18-13(8-20-14)10(3)17-15(19)12-7-11(16)6-5-9(12)2;;/h5-8,10H,4,16H2,1-3H3,(H,17,19);2*1H. The SMILES string of the molecule is CCc1nc(C(C)NC(=O)c2cc(N)ccc2C)cs1.Cl.Cl. The number of hydrogen-bond acceptors (Lipinski definition) is 4. The molecule has 0 aliphatic heterocycles. The zero-order chi connectivity index (χ0) is 14.7. The second-order valence-corrected chi connectivity index (χ2v) is 5.73. The highest BCUT2D eigenvalue weighted by atomic mass is 35.5. The number of hydrogen-bond donors (Lipinski definition) is 2. The van der Waals surface area contributed by atoms with Gasteiger partial charge in [-0.05, 0) is 38.0 Å². The lowest BCUT2D eigenvalue weighted by molar-refractivity contribution is 0.0938. The number of halogens is 2. The summed E-state index contributed by atoms with van der Waals surface area (Å²) in [4.78, 5) is 16.8. The number of aryl methyl sites for hydroxylation is 2. The molecule has 122 valence electrons. The van der Waals surface area contributed by atoms with E-state index < -0.39 is 0 Å². The van der Waals surface area contributed by atoms with Gasteiger partial charge in [0.2, 0.25) is 0 Å². The van der Waals surface area contributed by atoms with Crippen LogP contribution in [0.3, 0.4) is 0 Å². The molecule has 1 aromatic carbocycles. The van der Waals surface area contributed by atoms with Gasteiger partial charge < -0.3 is 11.1 Å². The first-order chi connectivity index (χ1) is 9.51. The number of carbonyl (C=O) groups is 1. The van der Waals surface area contributed by atoms with Crippen molar-refractivity contribution < 1.29 is 4.79 Å². The van der Waals surface area contributed by atoms with Gasteiger partial charge in [-0.3, -0.25) is 4.79 Å². The zero-order valence-electron chi connectivity index (χ0n) is 12.8. The number of rotatable bonds is 4. The summed E-state index contributed by atoms with van der Waals surface area (Å²) in [6, 6.07) is 5.24. The van der Waals surface area contributed by atoms with E-state index >= 15 is 0 Å². The largest absolute Gasteiger partial charge is 0.399 e. The molecule has 0 saturated carbocycles. The van der Waals surface area contributed by atoms with Crippen LogP contribution in [0, 0.1) is 6.92 Å². The molecule has 0 spiro atoms. The first kappa shape index (κ1) is 20.7. The number of thiazole rings is 1. The molecule has 0 saturated heterocycles. The van der Waals surface area contributed by atoms with Crippen molar-refractivity contribution in [3.8, 4) is 0 Å². The number of nitrogens with one attached hydrogen (secondary N) is 1. The Morgan fingerprint density at radius 2 is 2.09 bits per heavy atom. The van der Waals surface area contributed by atoms with Gasteiger partial charge in [-0.25, -0.2) is 4.98 Å². The minimum absolute atomic E-state index is 0. The molecule has 22 heavy (non-hydrogen) atoms. The third-order valence-corrected chi connectivity index (χ3v) is 4.18. The van der Waals surface area contributed by atoms with E-state index in [-0.39, 0.29) is 36.8 Å². The van der Waals surface area contributed by atoms with Crippen LogP contribution in [0.5, 0.6) is 0 Å². The molecule has 0 bridgehead atoms. The molecule has 1 unspecified atom stereocenters. The molecule has 1 heterocycles. The van der Waals surface area contributed by atoms with Gasteiger partial charge in [-0.2, -0.15) is 0 Å². The van der Waals surface area contributed by atoms with Crippen LogP contribution < -0.4 is 11.1 Å². The summed E-state index contributed by atoms with van der Waals surface area (Å²) in [7, 11) is 0. The average Bonchev–Trinajstić information content (AvgIpc) is 2.90. The number of anilines is 1. The van der Waals surface area contributed by atoms with Crippen LogP contribution in [0.25, 0.3) is 0 Å². The maximum atomic E-state index is 12.3. The van der Waals surface area contributed by atoms with Crippen LogP contribution >= 0.6 is 36.2 Å². The Balaban J connectivity index is 0.00000220. The second-order valence-electron chi connectivity index (χ2n) is 4.79. The van der Waals surface area contributed by atoms with Crippen molar-refractivity contribution >= 4 is 47.7 Å². The Morgan fingerprint density at radius 1 is 1.41 bits per heavy atom. The number of nitrogens with zero attached hydrogens (tertiary/aromatic N) is 1. The highest BCUT2D eigenvalue weighted by Crippen LogP contribution is 2.18. The maximum Gasteiger partial charge on any atom is 0.252 e. The fraction of sp³-hybridized carbons (Fsp3) is 0.333. The molecule has 3 N–H and O–H groups in total. The van der Waals surface area contributed by atoms with Gasteiger partial charge in [0.05, 0.1) is 16.7 Å². The van der Waals surface area contributed by atoms with Crippen LogP contribution in [0.1, 0.15) is 46.5 Å². The Labute approximate surface area is 147 Å². The van der Waals surface area contributed by atoms with Crippen molar-refractivity contribution in [1.82, 2.24) is 10.3 Å². The van der Waals surface area contributed by atoms with Gasteiger partial charge in [0.25, 0.3) is 5.91 Å². The quantitative estimate of drug-likeness (QED) is 0.810. The molecule has 1 aromatic heterocycles. The van der Waals surface area contributed by atoms with Gasteiger partial charge in [0.15, 0.2) is 0 Å².